The molecule has 1 aromatic rings. The van der Waals surface area contributed by atoms with Crippen LogP contribution >= 0.6 is 0 Å². The third kappa shape index (κ3) is 2.86. The van der Waals surface area contributed by atoms with Gasteiger partial charge in [0.25, 0.3) is 0 Å². The van der Waals surface area contributed by atoms with Crippen molar-refractivity contribution in [1.29, 1.82) is 0 Å². The number of nitrogen functional groups attached to an aromatic ring is 1. The summed E-state index contributed by atoms with van der Waals surface area (Å²) in [6, 6.07) is 3.37. The molecule has 0 radical (unpaired) electrons. The summed E-state index contributed by atoms with van der Waals surface area (Å²) < 4.78 is 40.3. The van der Waals surface area contributed by atoms with Gasteiger partial charge >= 0.3 is 0 Å². The fourth-order valence-electron chi connectivity index (χ4n) is 2.56. The first-order chi connectivity index (χ1) is 9.75. The predicted octanol–water partition coefficient (Wildman–Crippen LogP) is 0.682. The van der Waals surface area contributed by atoms with Crippen molar-refractivity contribution in [2.45, 2.75) is 30.7 Å². The summed E-state index contributed by atoms with van der Waals surface area (Å²) in [7, 11) is -4.11. The number of carbonyl (C=O) groups excluding carboxylic acids is 1. The molecule has 1 aliphatic rings. The maximum atomic E-state index is 13.9. The van der Waals surface area contributed by atoms with Crippen LogP contribution in [0.3, 0.4) is 0 Å². The summed E-state index contributed by atoms with van der Waals surface area (Å²) in [6.45, 7) is 1.67. The minimum atomic E-state index is -4.11. The Morgan fingerprint density at radius 2 is 2.05 bits per heavy atom. The average molecular weight is 315 g/mol. The van der Waals surface area contributed by atoms with Gasteiger partial charge < -0.3 is 11.5 Å². The molecule has 1 aliphatic heterocycles. The second kappa shape index (κ2) is 5.61. The number of piperidine rings is 1. The first-order valence-corrected chi connectivity index (χ1v) is 8.04. The number of amides is 1. The Hall–Kier alpha value is -1.67. The lowest BCUT2D eigenvalue weighted by Gasteiger charge is -2.36. The third-order valence-corrected chi connectivity index (χ3v) is 5.86. The fraction of sp³-hybridized carbons (Fsp3) is 0.462. The molecule has 1 fully saturated rings. The molecule has 1 amide bonds. The zero-order valence-corrected chi connectivity index (χ0v) is 12.4. The summed E-state index contributed by atoms with van der Waals surface area (Å²) in [5.41, 5.74) is 10.7. The van der Waals surface area contributed by atoms with Gasteiger partial charge in [-0.2, -0.15) is 4.31 Å². The highest BCUT2D eigenvalue weighted by atomic mass is 32.2. The summed E-state index contributed by atoms with van der Waals surface area (Å²) >= 11 is 0. The smallest absolute Gasteiger partial charge is 0.248 e. The molecule has 0 spiro atoms. The molecule has 2 unspecified atom stereocenters. The molecule has 2 atom stereocenters. The number of hydrogen-bond acceptors (Lipinski definition) is 4. The molecule has 116 valence electrons. The van der Waals surface area contributed by atoms with Crippen LogP contribution < -0.4 is 11.5 Å². The molecule has 0 aromatic heterocycles. The van der Waals surface area contributed by atoms with Gasteiger partial charge in [0.1, 0.15) is 10.7 Å². The quantitative estimate of drug-likeness (QED) is 0.800. The normalized spacial score (nSPS) is 23.9. The van der Waals surface area contributed by atoms with E-state index in [-0.39, 0.29) is 18.3 Å². The Bertz CT molecular complexity index is 642. The summed E-state index contributed by atoms with van der Waals surface area (Å²) in [5.74, 6) is -2.02. The lowest BCUT2D eigenvalue weighted by molar-refractivity contribution is -0.123. The highest BCUT2D eigenvalue weighted by molar-refractivity contribution is 7.89. The van der Waals surface area contributed by atoms with Crippen LogP contribution in [0.5, 0.6) is 0 Å². The van der Waals surface area contributed by atoms with Crippen molar-refractivity contribution in [3.05, 3.63) is 24.0 Å². The molecular weight excluding hydrogens is 297 g/mol. The molecule has 1 heterocycles. The Labute approximate surface area is 123 Å². The minimum Gasteiger partial charge on any atom is -0.398 e. The van der Waals surface area contributed by atoms with Crippen LogP contribution in [0.15, 0.2) is 23.1 Å². The number of carbonyl (C=O) groups is 1. The minimum absolute atomic E-state index is 0.0490. The number of primary amides is 1. The van der Waals surface area contributed by atoms with Gasteiger partial charge in [0.2, 0.25) is 15.9 Å². The van der Waals surface area contributed by atoms with E-state index in [1.165, 1.54) is 12.1 Å². The maximum Gasteiger partial charge on any atom is 0.248 e. The van der Waals surface area contributed by atoms with Crippen LogP contribution in [0.4, 0.5) is 10.1 Å². The molecule has 8 heteroatoms. The molecule has 4 N–H and O–H groups in total. The van der Waals surface area contributed by atoms with Crippen LogP contribution in [0, 0.1) is 11.7 Å². The molecule has 6 nitrogen and oxygen atoms in total. The van der Waals surface area contributed by atoms with E-state index in [1.54, 1.807) is 6.92 Å². The molecule has 1 aromatic carbocycles. The molecule has 21 heavy (non-hydrogen) atoms. The van der Waals surface area contributed by atoms with E-state index in [0.717, 1.165) is 10.4 Å². The zero-order chi connectivity index (χ0) is 15.8. The highest BCUT2D eigenvalue weighted by Gasteiger charge is 2.38. The number of sulfonamides is 1. The van der Waals surface area contributed by atoms with Crippen molar-refractivity contribution in [2.75, 3.05) is 12.3 Å². The predicted molar refractivity (Wildman–Crippen MR) is 76.1 cm³/mol. The number of rotatable bonds is 3. The number of nitrogens with two attached hydrogens (primary N) is 2. The van der Waals surface area contributed by atoms with Crippen molar-refractivity contribution >= 4 is 21.6 Å². The first-order valence-electron chi connectivity index (χ1n) is 6.60. The number of anilines is 1. The number of hydrogen-bond donors (Lipinski definition) is 2. The van der Waals surface area contributed by atoms with E-state index in [9.17, 15) is 17.6 Å². The SMILES string of the molecule is CC1CCC(C(N)=O)CN1S(=O)(=O)c1c(N)cccc1F. The molecule has 0 aliphatic carbocycles. The topological polar surface area (TPSA) is 106 Å². The van der Waals surface area contributed by atoms with E-state index in [4.69, 9.17) is 11.5 Å². The second-order valence-corrected chi connectivity index (χ2v) is 7.09. The molecule has 2 rings (SSSR count). The van der Waals surface area contributed by atoms with Crippen LogP contribution in [0.1, 0.15) is 19.8 Å². The lowest BCUT2D eigenvalue weighted by atomic mass is 9.95. The molecule has 1 saturated heterocycles. The van der Waals surface area contributed by atoms with Crippen LogP contribution in [0.2, 0.25) is 0 Å². The molecular formula is C13H18FN3O3S. The Kier molecular flexibility index (Phi) is 4.20. The maximum absolute atomic E-state index is 13.9. The van der Waals surface area contributed by atoms with Gasteiger partial charge in [-0.05, 0) is 31.9 Å². The van der Waals surface area contributed by atoms with Crippen molar-refractivity contribution < 1.29 is 17.6 Å². The van der Waals surface area contributed by atoms with E-state index >= 15 is 0 Å². The lowest BCUT2D eigenvalue weighted by Crippen LogP contribution is -2.48. The monoisotopic (exact) mass is 315 g/mol. The third-order valence-electron chi connectivity index (χ3n) is 3.79. The van der Waals surface area contributed by atoms with E-state index in [2.05, 4.69) is 0 Å². The summed E-state index contributed by atoms with van der Waals surface area (Å²) in [4.78, 5) is 10.8. The van der Waals surface area contributed by atoms with Gasteiger partial charge in [0.05, 0.1) is 11.6 Å². The average Bonchev–Trinajstić information content (AvgIpc) is 2.38. The molecule has 0 bridgehead atoms. The second-order valence-electron chi connectivity index (χ2n) is 5.26. The van der Waals surface area contributed by atoms with E-state index in [1.807, 2.05) is 0 Å². The Balaban J connectivity index is 2.45. The summed E-state index contributed by atoms with van der Waals surface area (Å²) in [6.07, 6.45) is 1.01. The van der Waals surface area contributed by atoms with Gasteiger partial charge in [0, 0.05) is 12.6 Å². The first kappa shape index (κ1) is 15.7. The van der Waals surface area contributed by atoms with E-state index < -0.39 is 32.6 Å². The van der Waals surface area contributed by atoms with Gasteiger partial charge in [0.15, 0.2) is 0 Å². The van der Waals surface area contributed by atoms with Crippen molar-refractivity contribution in [3.63, 3.8) is 0 Å². The van der Waals surface area contributed by atoms with Crippen LogP contribution in [-0.4, -0.2) is 31.2 Å². The highest BCUT2D eigenvalue weighted by Crippen LogP contribution is 2.31. The Morgan fingerprint density at radius 3 is 2.62 bits per heavy atom. The van der Waals surface area contributed by atoms with Gasteiger partial charge in [-0.15, -0.1) is 0 Å². The van der Waals surface area contributed by atoms with Gasteiger partial charge in [-0.25, -0.2) is 12.8 Å². The van der Waals surface area contributed by atoms with Crippen LogP contribution in [-0.2, 0) is 14.8 Å². The van der Waals surface area contributed by atoms with Crippen molar-refractivity contribution in [2.24, 2.45) is 11.7 Å². The number of benzene rings is 1. The van der Waals surface area contributed by atoms with Crippen LogP contribution in [0.25, 0.3) is 0 Å². The largest absolute Gasteiger partial charge is 0.398 e. The molecule has 0 saturated carbocycles. The van der Waals surface area contributed by atoms with Gasteiger partial charge in [-0.3, -0.25) is 4.79 Å². The summed E-state index contributed by atoms with van der Waals surface area (Å²) in [5, 5.41) is 0. The zero-order valence-electron chi connectivity index (χ0n) is 11.6. The van der Waals surface area contributed by atoms with Crippen molar-refractivity contribution in [1.82, 2.24) is 4.31 Å². The van der Waals surface area contributed by atoms with Gasteiger partial charge in [-0.1, -0.05) is 6.07 Å². The standard InChI is InChI=1S/C13H18FN3O3S/c1-8-5-6-9(13(16)18)7-17(8)21(19,20)12-10(14)3-2-4-11(12)15/h2-4,8-9H,5-7,15H2,1H3,(H2,16,18). The Morgan fingerprint density at radius 1 is 1.38 bits per heavy atom. The van der Waals surface area contributed by atoms with E-state index in [0.29, 0.717) is 12.8 Å². The number of halogens is 1. The number of nitrogens with zero attached hydrogens (tertiary/aromatic N) is 1. The fourth-order valence-corrected chi connectivity index (χ4v) is 4.43. The van der Waals surface area contributed by atoms with Crippen molar-refractivity contribution in [3.8, 4) is 0 Å².